The Morgan fingerprint density at radius 3 is 2.55 bits per heavy atom. The summed E-state index contributed by atoms with van der Waals surface area (Å²) in [6.45, 7) is 8.18. The normalized spacial score (nSPS) is 28.3. The van der Waals surface area contributed by atoms with Crippen LogP contribution in [0.1, 0.15) is 46.0 Å². The van der Waals surface area contributed by atoms with Crippen molar-refractivity contribution in [1.29, 1.82) is 0 Å². The van der Waals surface area contributed by atoms with Gasteiger partial charge < -0.3 is 10.6 Å². The first kappa shape index (κ1) is 17.9. The molecule has 2 rings (SSSR count). The van der Waals surface area contributed by atoms with Crippen molar-refractivity contribution in [2.45, 2.75) is 63.3 Å². The number of thioether (sulfide) groups is 1. The first-order chi connectivity index (χ1) is 10.6. The van der Waals surface area contributed by atoms with Crippen LogP contribution in [-0.2, 0) is 0 Å². The summed E-state index contributed by atoms with van der Waals surface area (Å²) in [6, 6.07) is 1.21. The average molecular weight is 327 g/mol. The molecule has 3 unspecified atom stereocenters. The summed E-state index contributed by atoms with van der Waals surface area (Å²) >= 11 is 2.00. The topological polar surface area (TPSA) is 39.7 Å². The molecule has 2 aliphatic rings. The van der Waals surface area contributed by atoms with Crippen LogP contribution in [-0.4, -0.2) is 61.1 Å². The van der Waals surface area contributed by atoms with Gasteiger partial charge in [-0.1, -0.05) is 13.8 Å². The van der Waals surface area contributed by atoms with Gasteiger partial charge in [-0.15, -0.1) is 0 Å². The predicted octanol–water partition coefficient (Wildman–Crippen LogP) is 2.56. The number of hydrogen-bond acceptors (Lipinski definition) is 3. The molecule has 0 radical (unpaired) electrons. The number of nitrogens with zero attached hydrogens (tertiary/aromatic N) is 2. The zero-order valence-electron chi connectivity index (χ0n) is 14.8. The van der Waals surface area contributed by atoms with Gasteiger partial charge in [0, 0.05) is 30.9 Å². The SMILES string of the molecule is CN=C(NCC(C(C)C)N1CCCC1)NC1CCC(SC)C1. The van der Waals surface area contributed by atoms with E-state index in [0.29, 0.717) is 18.0 Å². The second-order valence-corrected chi connectivity index (χ2v) is 8.16. The molecule has 1 aliphatic carbocycles. The molecule has 0 spiro atoms. The van der Waals surface area contributed by atoms with Gasteiger partial charge in [-0.2, -0.15) is 11.8 Å². The van der Waals surface area contributed by atoms with Crippen molar-refractivity contribution in [3.05, 3.63) is 0 Å². The number of nitrogens with one attached hydrogen (secondary N) is 2. The van der Waals surface area contributed by atoms with Crippen molar-refractivity contribution in [2.75, 3.05) is 32.9 Å². The Labute approximate surface area is 140 Å². The van der Waals surface area contributed by atoms with Crippen LogP contribution in [0, 0.1) is 5.92 Å². The van der Waals surface area contributed by atoms with Gasteiger partial charge >= 0.3 is 0 Å². The first-order valence-electron chi connectivity index (χ1n) is 8.88. The Bertz CT molecular complexity index is 353. The number of rotatable bonds is 6. The molecule has 0 bridgehead atoms. The lowest BCUT2D eigenvalue weighted by atomic mass is 10.0. The molecule has 5 heteroatoms. The Balaban J connectivity index is 1.79. The summed E-state index contributed by atoms with van der Waals surface area (Å²) < 4.78 is 0. The average Bonchev–Trinajstić information content (AvgIpc) is 3.17. The standard InChI is InChI=1S/C17H34N4S/c1-13(2)16(21-9-5-6-10-21)12-19-17(18-3)20-14-7-8-15(11-14)22-4/h13-16H,5-12H2,1-4H3,(H2,18,19,20). The van der Waals surface area contributed by atoms with E-state index in [1.54, 1.807) is 0 Å². The molecule has 2 N–H and O–H groups in total. The smallest absolute Gasteiger partial charge is 0.191 e. The Kier molecular flexibility index (Phi) is 7.35. The van der Waals surface area contributed by atoms with Crippen LogP contribution in [0.4, 0.5) is 0 Å². The Morgan fingerprint density at radius 2 is 2.00 bits per heavy atom. The molecular formula is C17H34N4S. The molecule has 1 heterocycles. The van der Waals surface area contributed by atoms with Gasteiger partial charge in [0.2, 0.25) is 0 Å². The van der Waals surface area contributed by atoms with Crippen LogP contribution in [0.3, 0.4) is 0 Å². The van der Waals surface area contributed by atoms with E-state index in [4.69, 9.17) is 0 Å². The number of hydrogen-bond donors (Lipinski definition) is 2. The van der Waals surface area contributed by atoms with Gasteiger partial charge in [-0.05, 0) is 57.4 Å². The van der Waals surface area contributed by atoms with Crippen LogP contribution >= 0.6 is 11.8 Å². The lowest BCUT2D eigenvalue weighted by molar-refractivity contribution is 0.192. The van der Waals surface area contributed by atoms with Gasteiger partial charge in [0.05, 0.1) is 0 Å². The lowest BCUT2D eigenvalue weighted by Crippen LogP contribution is -2.50. The minimum Gasteiger partial charge on any atom is -0.355 e. The summed E-state index contributed by atoms with van der Waals surface area (Å²) in [4.78, 5) is 7.07. The van der Waals surface area contributed by atoms with Crippen molar-refractivity contribution < 1.29 is 0 Å². The van der Waals surface area contributed by atoms with Gasteiger partial charge in [0.15, 0.2) is 5.96 Å². The number of aliphatic imine (C=N–C) groups is 1. The molecule has 0 aromatic rings. The lowest BCUT2D eigenvalue weighted by Gasteiger charge is -2.31. The van der Waals surface area contributed by atoms with E-state index < -0.39 is 0 Å². The Hall–Kier alpha value is -0.420. The highest BCUT2D eigenvalue weighted by atomic mass is 32.2. The van der Waals surface area contributed by atoms with Crippen molar-refractivity contribution in [2.24, 2.45) is 10.9 Å². The summed E-state index contributed by atoms with van der Waals surface area (Å²) in [5.74, 6) is 1.66. The second-order valence-electron chi connectivity index (χ2n) is 7.02. The highest BCUT2D eigenvalue weighted by Crippen LogP contribution is 2.28. The molecule has 0 aromatic heterocycles. The van der Waals surface area contributed by atoms with E-state index in [-0.39, 0.29) is 0 Å². The van der Waals surface area contributed by atoms with E-state index in [9.17, 15) is 0 Å². The molecule has 1 aliphatic heterocycles. The van der Waals surface area contributed by atoms with Crippen LogP contribution < -0.4 is 10.6 Å². The van der Waals surface area contributed by atoms with Gasteiger partial charge in [0.1, 0.15) is 0 Å². The van der Waals surface area contributed by atoms with Crippen molar-refractivity contribution in [1.82, 2.24) is 15.5 Å². The second kappa shape index (κ2) is 9.02. The molecule has 2 fully saturated rings. The Morgan fingerprint density at radius 1 is 1.27 bits per heavy atom. The maximum Gasteiger partial charge on any atom is 0.191 e. The zero-order chi connectivity index (χ0) is 15.9. The monoisotopic (exact) mass is 326 g/mol. The third-order valence-corrected chi connectivity index (χ3v) is 6.23. The summed E-state index contributed by atoms with van der Waals surface area (Å²) in [7, 11) is 1.89. The third-order valence-electron chi connectivity index (χ3n) is 5.14. The zero-order valence-corrected chi connectivity index (χ0v) is 15.6. The third kappa shape index (κ3) is 5.05. The molecule has 0 amide bonds. The summed E-state index contributed by atoms with van der Waals surface area (Å²) in [5.41, 5.74) is 0. The van der Waals surface area contributed by atoms with Crippen LogP contribution in [0.2, 0.25) is 0 Å². The van der Waals surface area contributed by atoms with E-state index in [2.05, 4.69) is 40.6 Å². The maximum atomic E-state index is 4.43. The predicted molar refractivity (Wildman–Crippen MR) is 98.9 cm³/mol. The van der Waals surface area contributed by atoms with Crippen LogP contribution in [0.25, 0.3) is 0 Å². The molecule has 128 valence electrons. The van der Waals surface area contributed by atoms with Gasteiger partial charge in [-0.25, -0.2) is 0 Å². The van der Waals surface area contributed by atoms with Gasteiger partial charge in [0.25, 0.3) is 0 Å². The van der Waals surface area contributed by atoms with Gasteiger partial charge in [-0.3, -0.25) is 9.89 Å². The highest BCUT2D eigenvalue weighted by Gasteiger charge is 2.26. The summed E-state index contributed by atoms with van der Waals surface area (Å²) in [6.07, 6.45) is 8.80. The first-order valence-corrected chi connectivity index (χ1v) is 10.2. The van der Waals surface area contributed by atoms with Crippen molar-refractivity contribution in [3.8, 4) is 0 Å². The summed E-state index contributed by atoms with van der Waals surface area (Å²) in [5, 5.41) is 8.02. The minimum atomic E-state index is 0.591. The fourth-order valence-electron chi connectivity index (χ4n) is 3.73. The largest absolute Gasteiger partial charge is 0.355 e. The molecule has 1 saturated carbocycles. The molecule has 4 nitrogen and oxygen atoms in total. The van der Waals surface area contributed by atoms with E-state index in [1.165, 1.54) is 45.2 Å². The molecule has 1 saturated heterocycles. The number of likely N-dealkylation sites (tertiary alicyclic amines) is 1. The fourth-order valence-corrected chi connectivity index (χ4v) is 4.53. The maximum absolute atomic E-state index is 4.43. The molecule has 3 atom stereocenters. The van der Waals surface area contributed by atoms with Crippen molar-refractivity contribution >= 4 is 17.7 Å². The molecular weight excluding hydrogens is 292 g/mol. The quantitative estimate of drug-likeness (QED) is 0.581. The van der Waals surface area contributed by atoms with E-state index in [1.807, 2.05) is 18.8 Å². The van der Waals surface area contributed by atoms with Crippen molar-refractivity contribution in [3.63, 3.8) is 0 Å². The van der Waals surface area contributed by atoms with Crippen LogP contribution in [0.15, 0.2) is 4.99 Å². The highest BCUT2D eigenvalue weighted by molar-refractivity contribution is 7.99. The molecule has 22 heavy (non-hydrogen) atoms. The fraction of sp³-hybridized carbons (Fsp3) is 0.941. The van der Waals surface area contributed by atoms with Crippen LogP contribution in [0.5, 0.6) is 0 Å². The number of guanidine groups is 1. The minimum absolute atomic E-state index is 0.591. The van der Waals surface area contributed by atoms with E-state index >= 15 is 0 Å². The molecule has 0 aromatic carbocycles. The van der Waals surface area contributed by atoms with E-state index in [0.717, 1.165) is 17.8 Å².